The fourth-order valence-electron chi connectivity index (χ4n) is 1.56. The summed E-state index contributed by atoms with van der Waals surface area (Å²) in [6.07, 6.45) is 1.53. The Morgan fingerprint density at radius 1 is 1.56 bits per heavy atom. The van der Waals surface area contributed by atoms with Crippen LogP contribution in [0.3, 0.4) is 0 Å². The Bertz CT molecular complexity index is 463. The molecule has 1 atom stereocenters. The van der Waals surface area contributed by atoms with Crippen molar-refractivity contribution in [3.8, 4) is 0 Å². The van der Waals surface area contributed by atoms with Gasteiger partial charge in [0, 0.05) is 12.0 Å². The van der Waals surface area contributed by atoms with Crippen molar-refractivity contribution in [2.45, 2.75) is 23.7 Å². The van der Waals surface area contributed by atoms with Gasteiger partial charge in [-0.25, -0.2) is 0 Å². The molecule has 2 aromatic rings. The van der Waals surface area contributed by atoms with Crippen LogP contribution in [0.1, 0.15) is 18.9 Å². The average molecular weight is 332 g/mol. The van der Waals surface area contributed by atoms with Gasteiger partial charge in [0.15, 0.2) is 0 Å². The summed E-state index contributed by atoms with van der Waals surface area (Å²) in [6, 6.07) is 5.87. The summed E-state index contributed by atoms with van der Waals surface area (Å²) in [4.78, 5) is 11.4. The SMILES string of the molecule is CCC(I)C(=O)OCCc1cc2ccc1o2. The second kappa shape index (κ2) is 5.03. The van der Waals surface area contributed by atoms with Crippen LogP contribution in [0.5, 0.6) is 0 Å². The van der Waals surface area contributed by atoms with Crippen molar-refractivity contribution in [1.29, 1.82) is 0 Å². The molecule has 2 rings (SSSR count). The summed E-state index contributed by atoms with van der Waals surface area (Å²) in [7, 11) is 0. The molecule has 0 amide bonds. The molecule has 4 heteroatoms. The minimum Gasteiger partial charge on any atom is -0.465 e. The van der Waals surface area contributed by atoms with Crippen LogP contribution >= 0.6 is 22.6 Å². The van der Waals surface area contributed by atoms with Crippen LogP contribution in [-0.2, 0) is 16.0 Å². The van der Waals surface area contributed by atoms with E-state index in [9.17, 15) is 4.79 Å². The number of alkyl halides is 1. The Hall–Kier alpha value is -0.780. The highest BCUT2D eigenvalue weighted by molar-refractivity contribution is 14.1. The summed E-state index contributed by atoms with van der Waals surface area (Å²) in [5.74, 6) is -0.124. The molecular weight excluding hydrogens is 319 g/mol. The van der Waals surface area contributed by atoms with E-state index in [2.05, 4.69) is 22.6 Å². The van der Waals surface area contributed by atoms with Crippen LogP contribution in [0.4, 0.5) is 0 Å². The molecule has 0 aliphatic carbocycles. The lowest BCUT2D eigenvalue weighted by Gasteiger charge is -2.07. The summed E-state index contributed by atoms with van der Waals surface area (Å²) >= 11 is 2.10. The molecule has 0 aromatic carbocycles. The lowest BCUT2D eigenvalue weighted by atomic mass is 10.2. The van der Waals surface area contributed by atoms with E-state index in [4.69, 9.17) is 9.15 Å². The van der Waals surface area contributed by atoms with Crippen LogP contribution in [0.2, 0.25) is 0 Å². The largest absolute Gasteiger partial charge is 0.465 e. The lowest BCUT2D eigenvalue weighted by Crippen LogP contribution is -2.17. The first kappa shape index (κ1) is 11.7. The Labute approximate surface area is 108 Å². The Kier molecular flexibility index (Phi) is 3.68. The zero-order valence-electron chi connectivity index (χ0n) is 9.03. The maximum absolute atomic E-state index is 11.4. The highest BCUT2D eigenvalue weighted by atomic mass is 127. The third-order valence-corrected chi connectivity index (χ3v) is 3.88. The van der Waals surface area contributed by atoms with E-state index >= 15 is 0 Å². The normalized spacial score (nSPS) is 13.1. The van der Waals surface area contributed by atoms with E-state index in [1.807, 2.05) is 25.1 Å². The molecule has 2 heterocycles. The quantitative estimate of drug-likeness (QED) is 0.480. The Morgan fingerprint density at radius 2 is 2.38 bits per heavy atom. The fourth-order valence-corrected chi connectivity index (χ4v) is 1.74. The number of hydrogen-bond acceptors (Lipinski definition) is 3. The molecule has 16 heavy (non-hydrogen) atoms. The predicted octanol–water partition coefficient (Wildman–Crippen LogP) is 3.17. The summed E-state index contributed by atoms with van der Waals surface area (Å²) < 4.78 is 10.5. The van der Waals surface area contributed by atoms with Gasteiger partial charge in [0.05, 0.1) is 6.61 Å². The van der Waals surface area contributed by atoms with Gasteiger partial charge in [0.2, 0.25) is 0 Å². The van der Waals surface area contributed by atoms with Crippen molar-refractivity contribution in [2.24, 2.45) is 0 Å². The molecule has 1 unspecified atom stereocenters. The molecule has 0 fully saturated rings. The van der Waals surface area contributed by atoms with Crippen molar-refractivity contribution in [2.75, 3.05) is 6.61 Å². The Morgan fingerprint density at radius 3 is 2.94 bits per heavy atom. The number of rotatable bonds is 5. The fraction of sp³-hybridized carbons (Fsp3) is 0.417. The van der Waals surface area contributed by atoms with Gasteiger partial charge in [-0.2, -0.15) is 0 Å². The van der Waals surface area contributed by atoms with Crippen molar-refractivity contribution >= 4 is 39.7 Å². The predicted molar refractivity (Wildman–Crippen MR) is 70.2 cm³/mol. The number of carbonyl (C=O) groups is 1. The van der Waals surface area contributed by atoms with Crippen molar-refractivity contribution < 1.29 is 13.9 Å². The summed E-state index contributed by atoms with van der Waals surface area (Å²) in [5, 5.41) is 0. The van der Waals surface area contributed by atoms with Gasteiger partial charge in [0.25, 0.3) is 0 Å². The smallest absolute Gasteiger partial charge is 0.318 e. The van der Waals surface area contributed by atoms with Gasteiger partial charge in [-0.1, -0.05) is 29.5 Å². The van der Waals surface area contributed by atoms with E-state index < -0.39 is 0 Å². The number of hydrogen-bond donors (Lipinski definition) is 0. The summed E-state index contributed by atoms with van der Waals surface area (Å²) in [5.41, 5.74) is 2.90. The topological polar surface area (TPSA) is 39.4 Å². The minimum absolute atomic E-state index is 0.0372. The van der Waals surface area contributed by atoms with Crippen LogP contribution in [0, 0.1) is 0 Å². The van der Waals surface area contributed by atoms with E-state index in [0.29, 0.717) is 6.61 Å². The van der Waals surface area contributed by atoms with Gasteiger partial charge < -0.3 is 9.15 Å². The van der Waals surface area contributed by atoms with E-state index in [1.54, 1.807) is 0 Å². The molecule has 0 aliphatic heterocycles. The molecule has 0 radical (unpaired) electrons. The Balaban J connectivity index is 1.80. The van der Waals surface area contributed by atoms with Gasteiger partial charge in [-0.15, -0.1) is 0 Å². The van der Waals surface area contributed by atoms with Gasteiger partial charge in [-0.3, -0.25) is 4.79 Å². The standard InChI is InChI=1S/C12H13IO3/c1-2-10(13)12(14)15-6-5-8-7-9-3-4-11(8)16-9/h3-4,7,10H,2,5-6H2,1H3. The first-order valence-corrected chi connectivity index (χ1v) is 6.56. The zero-order chi connectivity index (χ0) is 11.5. The third-order valence-electron chi connectivity index (χ3n) is 2.49. The summed E-state index contributed by atoms with van der Waals surface area (Å²) in [6.45, 7) is 2.40. The van der Waals surface area contributed by atoms with E-state index in [1.165, 1.54) is 0 Å². The van der Waals surface area contributed by atoms with E-state index in [0.717, 1.165) is 29.6 Å². The maximum atomic E-state index is 11.4. The minimum atomic E-state index is -0.124. The number of furan rings is 2. The number of ether oxygens (including phenoxy) is 1. The first-order valence-electron chi connectivity index (χ1n) is 5.32. The molecule has 0 N–H and O–H groups in total. The molecule has 3 nitrogen and oxygen atoms in total. The number of esters is 1. The number of fused-ring (bicyclic) bond motifs is 2. The molecule has 0 spiro atoms. The molecule has 2 aromatic heterocycles. The van der Waals surface area contributed by atoms with Crippen LogP contribution in [-0.4, -0.2) is 16.5 Å². The van der Waals surface area contributed by atoms with Gasteiger partial charge in [-0.05, 0) is 24.6 Å². The molecular formula is C12H13IO3. The molecule has 0 saturated heterocycles. The number of carbonyl (C=O) groups excluding carboxylic acids is 1. The third kappa shape index (κ3) is 2.48. The van der Waals surface area contributed by atoms with E-state index in [-0.39, 0.29) is 9.89 Å². The molecule has 0 saturated carbocycles. The monoisotopic (exact) mass is 332 g/mol. The molecule has 86 valence electrons. The van der Waals surface area contributed by atoms with Crippen LogP contribution in [0.25, 0.3) is 11.2 Å². The maximum Gasteiger partial charge on any atom is 0.318 e. The van der Waals surface area contributed by atoms with Gasteiger partial charge >= 0.3 is 5.97 Å². The van der Waals surface area contributed by atoms with Gasteiger partial charge in [0.1, 0.15) is 15.1 Å². The van der Waals surface area contributed by atoms with Crippen LogP contribution < -0.4 is 0 Å². The second-order valence-electron chi connectivity index (χ2n) is 3.66. The lowest BCUT2D eigenvalue weighted by molar-refractivity contribution is -0.142. The van der Waals surface area contributed by atoms with Crippen molar-refractivity contribution in [1.82, 2.24) is 0 Å². The molecule has 0 aliphatic rings. The number of benzene rings is 1. The highest BCUT2D eigenvalue weighted by Crippen LogP contribution is 2.22. The first-order chi connectivity index (χ1) is 7.70. The highest BCUT2D eigenvalue weighted by Gasteiger charge is 2.14. The number of halogens is 1. The van der Waals surface area contributed by atoms with Crippen molar-refractivity contribution in [3.63, 3.8) is 0 Å². The van der Waals surface area contributed by atoms with Crippen LogP contribution in [0.15, 0.2) is 22.6 Å². The van der Waals surface area contributed by atoms with Crippen molar-refractivity contribution in [3.05, 3.63) is 23.8 Å². The molecule has 2 bridgehead atoms. The second-order valence-corrected chi connectivity index (χ2v) is 5.17. The average Bonchev–Trinajstić information content (AvgIpc) is 2.89. The zero-order valence-corrected chi connectivity index (χ0v) is 11.2.